The first-order valence-corrected chi connectivity index (χ1v) is 5.92. The van der Waals surface area contributed by atoms with Crippen molar-refractivity contribution >= 4 is 28.1 Å². The Bertz CT molecular complexity index is 318. The zero-order valence-corrected chi connectivity index (χ0v) is 9.81. The molecule has 0 N–H and O–H groups in total. The zero-order valence-electron chi connectivity index (χ0n) is 8.24. The van der Waals surface area contributed by atoms with Gasteiger partial charge in [-0.1, -0.05) is 11.6 Å². The summed E-state index contributed by atoms with van der Waals surface area (Å²) in [6, 6.07) is 0.383. The lowest BCUT2D eigenvalue weighted by Gasteiger charge is -2.36. The van der Waals surface area contributed by atoms with Gasteiger partial charge in [-0.05, 0) is 13.8 Å². The lowest BCUT2D eigenvalue weighted by molar-refractivity contribution is 0.0343. The summed E-state index contributed by atoms with van der Waals surface area (Å²) in [5.41, 5.74) is 0. The van der Waals surface area contributed by atoms with E-state index in [9.17, 15) is 0 Å². The number of morpholine rings is 1. The van der Waals surface area contributed by atoms with Crippen LogP contribution in [0.4, 0.5) is 5.13 Å². The number of anilines is 1. The van der Waals surface area contributed by atoms with Gasteiger partial charge in [0, 0.05) is 11.9 Å². The van der Waals surface area contributed by atoms with E-state index < -0.39 is 0 Å². The Hall–Kier alpha value is -0.320. The van der Waals surface area contributed by atoms with Gasteiger partial charge in [0.15, 0.2) is 5.13 Å². The highest BCUT2D eigenvalue weighted by atomic mass is 35.5. The molecular weight excluding hydrogens is 220 g/mol. The maximum atomic E-state index is 5.81. The van der Waals surface area contributed by atoms with Gasteiger partial charge in [0.25, 0.3) is 0 Å². The predicted molar refractivity (Wildman–Crippen MR) is 59.3 cm³/mol. The molecule has 1 fully saturated rings. The van der Waals surface area contributed by atoms with Crippen LogP contribution in [0.1, 0.15) is 13.8 Å². The highest BCUT2D eigenvalue weighted by molar-refractivity contribution is 7.14. The van der Waals surface area contributed by atoms with Gasteiger partial charge in [-0.25, -0.2) is 4.98 Å². The molecule has 78 valence electrons. The van der Waals surface area contributed by atoms with Gasteiger partial charge in [-0.2, -0.15) is 0 Å². The third kappa shape index (κ3) is 2.02. The summed E-state index contributed by atoms with van der Waals surface area (Å²) < 4.78 is 5.55. The monoisotopic (exact) mass is 232 g/mol. The van der Waals surface area contributed by atoms with E-state index in [4.69, 9.17) is 16.3 Å². The van der Waals surface area contributed by atoms with Gasteiger partial charge >= 0.3 is 0 Å². The Balaban J connectivity index is 2.15. The summed E-state index contributed by atoms with van der Waals surface area (Å²) in [5, 5.41) is 3.44. The van der Waals surface area contributed by atoms with Crippen LogP contribution < -0.4 is 4.90 Å². The molecule has 0 aliphatic carbocycles. The molecule has 0 amide bonds. The third-order valence-corrected chi connectivity index (χ3v) is 3.52. The van der Waals surface area contributed by atoms with Crippen molar-refractivity contribution in [1.82, 2.24) is 4.98 Å². The molecule has 1 aliphatic heterocycles. The van der Waals surface area contributed by atoms with Crippen LogP contribution in [0.15, 0.2) is 5.38 Å². The molecular formula is C9H13ClN2OS. The second kappa shape index (κ2) is 4.04. The Morgan fingerprint density at radius 1 is 1.64 bits per heavy atom. The summed E-state index contributed by atoms with van der Waals surface area (Å²) in [4.78, 5) is 6.53. The first-order chi connectivity index (χ1) is 6.66. The summed E-state index contributed by atoms with van der Waals surface area (Å²) in [6.45, 7) is 5.87. The quantitative estimate of drug-likeness (QED) is 0.744. The van der Waals surface area contributed by atoms with Crippen molar-refractivity contribution in [1.29, 1.82) is 0 Å². The van der Waals surface area contributed by atoms with Crippen molar-refractivity contribution < 1.29 is 4.74 Å². The van der Waals surface area contributed by atoms with Gasteiger partial charge in [0.2, 0.25) is 0 Å². The smallest absolute Gasteiger partial charge is 0.187 e. The van der Waals surface area contributed by atoms with Gasteiger partial charge in [-0.3, -0.25) is 0 Å². The van der Waals surface area contributed by atoms with Crippen LogP contribution in [-0.2, 0) is 4.74 Å². The second-order valence-corrected chi connectivity index (χ2v) is 4.82. The van der Waals surface area contributed by atoms with E-state index in [1.54, 1.807) is 11.3 Å². The molecule has 3 nitrogen and oxygen atoms in total. The van der Waals surface area contributed by atoms with Crippen LogP contribution in [0.5, 0.6) is 0 Å². The fourth-order valence-electron chi connectivity index (χ4n) is 1.55. The average molecular weight is 233 g/mol. The van der Waals surface area contributed by atoms with E-state index in [1.165, 1.54) is 0 Å². The van der Waals surface area contributed by atoms with Crippen molar-refractivity contribution in [2.24, 2.45) is 0 Å². The predicted octanol–water partition coefficient (Wildman–Crippen LogP) is 2.41. The van der Waals surface area contributed by atoms with Crippen molar-refractivity contribution in [3.63, 3.8) is 0 Å². The fourth-order valence-corrected chi connectivity index (χ4v) is 2.61. The highest BCUT2D eigenvalue weighted by Gasteiger charge is 2.25. The molecule has 0 spiro atoms. The molecule has 2 unspecified atom stereocenters. The minimum Gasteiger partial charge on any atom is -0.375 e. The molecule has 0 saturated carbocycles. The Morgan fingerprint density at radius 3 is 3.07 bits per heavy atom. The summed E-state index contributed by atoms with van der Waals surface area (Å²) >= 11 is 7.39. The second-order valence-electron chi connectivity index (χ2n) is 3.60. The van der Waals surface area contributed by atoms with E-state index in [0.29, 0.717) is 11.2 Å². The van der Waals surface area contributed by atoms with E-state index in [2.05, 4.69) is 23.7 Å². The van der Waals surface area contributed by atoms with Gasteiger partial charge in [0.05, 0.1) is 18.8 Å². The largest absolute Gasteiger partial charge is 0.375 e. The number of rotatable bonds is 1. The van der Waals surface area contributed by atoms with Gasteiger partial charge in [-0.15, -0.1) is 11.3 Å². The number of thiazole rings is 1. The molecule has 2 rings (SSSR count). The lowest BCUT2D eigenvalue weighted by Crippen LogP contribution is -2.47. The maximum Gasteiger partial charge on any atom is 0.187 e. The number of halogens is 1. The summed E-state index contributed by atoms with van der Waals surface area (Å²) in [5.74, 6) is 0. The van der Waals surface area contributed by atoms with Crippen molar-refractivity contribution in [2.75, 3.05) is 18.1 Å². The fraction of sp³-hybridized carbons (Fsp3) is 0.667. The molecule has 1 saturated heterocycles. The molecule has 2 atom stereocenters. The topological polar surface area (TPSA) is 25.4 Å². The van der Waals surface area contributed by atoms with Crippen LogP contribution in [-0.4, -0.2) is 30.3 Å². The lowest BCUT2D eigenvalue weighted by atomic mass is 10.2. The molecule has 5 heteroatoms. The molecule has 1 aromatic heterocycles. The average Bonchev–Trinajstić information content (AvgIpc) is 2.56. The molecule has 0 aromatic carbocycles. The van der Waals surface area contributed by atoms with Crippen molar-refractivity contribution in [3.8, 4) is 0 Å². The van der Waals surface area contributed by atoms with E-state index >= 15 is 0 Å². The normalized spacial score (nSPS) is 28.1. The zero-order chi connectivity index (χ0) is 10.1. The van der Waals surface area contributed by atoms with Crippen LogP contribution in [0.25, 0.3) is 0 Å². The SMILES string of the molecule is CC1CN(c2nc(Cl)cs2)C(C)CO1. The van der Waals surface area contributed by atoms with Crippen molar-refractivity contribution in [2.45, 2.75) is 26.0 Å². The first-order valence-electron chi connectivity index (χ1n) is 4.66. The van der Waals surface area contributed by atoms with Gasteiger partial charge in [0.1, 0.15) is 5.15 Å². The Morgan fingerprint density at radius 2 is 2.43 bits per heavy atom. The number of nitrogens with zero attached hydrogens (tertiary/aromatic N) is 2. The van der Waals surface area contributed by atoms with Crippen LogP contribution in [0.2, 0.25) is 5.15 Å². The third-order valence-electron chi connectivity index (χ3n) is 2.32. The van der Waals surface area contributed by atoms with E-state index in [1.807, 2.05) is 5.38 Å². The number of hydrogen-bond donors (Lipinski definition) is 0. The molecule has 1 aromatic rings. The summed E-state index contributed by atoms with van der Waals surface area (Å²) in [6.07, 6.45) is 0.272. The molecule has 1 aliphatic rings. The minimum absolute atomic E-state index is 0.272. The minimum atomic E-state index is 0.272. The highest BCUT2D eigenvalue weighted by Crippen LogP contribution is 2.27. The van der Waals surface area contributed by atoms with Crippen LogP contribution >= 0.6 is 22.9 Å². The van der Waals surface area contributed by atoms with Gasteiger partial charge < -0.3 is 9.64 Å². The molecule has 14 heavy (non-hydrogen) atoms. The summed E-state index contributed by atoms with van der Waals surface area (Å²) in [7, 11) is 0. The van der Waals surface area contributed by atoms with E-state index in [0.717, 1.165) is 18.3 Å². The van der Waals surface area contributed by atoms with E-state index in [-0.39, 0.29) is 6.10 Å². The molecule has 0 bridgehead atoms. The van der Waals surface area contributed by atoms with Crippen LogP contribution in [0.3, 0.4) is 0 Å². The maximum absolute atomic E-state index is 5.81. The number of aromatic nitrogens is 1. The number of ether oxygens (including phenoxy) is 1. The molecule has 0 radical (unpaired) electrons. The first kappa shape index (κ1) is 10.2. The Labute approximate surface area is 92.7 Å². The molecule has 2 heterocycles. The Kier molecular flexibility index (Phi) is 2.95. The van der Waals surface area contributed by atoms with Crippen LogP contribution in [0, 0.1) is 0 Å². The van der Waals surface area contributed by atoms with Crippen molar-refractivity contribution in [3.05, 3.63) is 10.5 Å². The standard InChI is InChI=1S/C9H13ClN2OS/c1-6-4-13-7(2)3-12(6)9-11-8(10)5-14-9/h5-7H,3-4H2,1-2H3. The number of hydrogen-bond acceptors (Lipinski definition) is 4.